The molecular formula is C16H10N2O. The number of aromatic nitrogens is 2. The van der Waals surface area contributed by atoms with Gasteiger partial charge in [0.25, 0.3) is 0 Å². The average Bonchev–Trinajstić information content (AvgIpc) is 2.45. The van der Waals surface area contributed by atoms with Crippen molar-refractivity contribution in [3.05, 3.63) is 47.2 Å². The molecule has 0 radical (unpaired) electrons. The predicted octanol–water partition coefficient (Wildman–Crippen LogP) is 1.32. The van der Waals surface area contributed by atoms with Gasteiger partial charge in [0.2, 0.25) is 0 Å². The van der Waals surface area contributed by atoms with Crippen LogP contribution >= 0.6 is 0 Å². The maximum atomic E-state index is 11.5. The van der Waals surface area contributed by atoms with E-state index in [1.807, 2.05) is 24.4 Å². The second kappa shape index (κ2) is 3.72. The number of ketones is 1. The average molecular weight is 246 g/mol. The Bertz CT molecular complexity index is 958. The minimum Gasteiger partial charge on any atom is -0.294 e. The van der Waals surface area contributed by atoms with Gasteiger partial charge < -0.3 is 0 Å². The van der Waals surface area contributed by atoms with Crippen molar-refractivity contribution in [1.29, 1.82) is 0 Å². The lowest BCUT2D eigenvalue weighted by Crippen LogP contribution is -2.28. The van der Waals surface area contributed by atoms with Crippen LogP contribution in [0.25, 0.3) is 33.8 Å². The van der Waals surface area contributed by atoms with Crippen molar-refractivity contribution in [2.75, 3.05) is 0 Å². The molecule has 0 N–H and O–H groups in total. The number of benzene rings is 2. The summed E-state index contributed by atoms with van der Waals surface area (Å²) >= 11 is 0. The summed E-state index contributed by atoms with van der Waals surface area (Å²) in [5, 5.41) is 5.41. The van der Waals surface area contributed by atoms with E-state index < -0.39 is 0 Å². The number of carbonyl (C=O) groups is 1. The van der Waals surface area contributed by atoms with Crippen LogP contribution in [-0.2, 0) is 4.79 Å². The molecule has 0 spiro atoms. The van der Waals surface area contributed by atoms with Crippen LogP contribution in [0.4, 0.5) is 0 Å². The first-order valence-electron chi connectivity index (χ1n) is 6.18. The summed E-state index contributed by atoms with van der Waals surface area (Å²) in [6.45, 7) is 0. The number of hydrogen-bond donors (Lipinski definition) is 0. The van der Waals surface area contributed by atoms with E-state index in [2.05, 4.69) is 22.1 Å². The largest absolute Gasteiger partial charge is 0.294 e. The predicted molar refractivity (Wildman–Crippen MR) is 74.8 cm³/mol. The summed E-state index contributed by atoms with van der Waals surface area (Å²) in [6, 6.07) is 8.21. The van der Waals surface area contributed by atoms with E-state index in [-0.39, 0.29) is 5.78 Å². The van der Waals surface area contributed by atoms with Crippen molar-refractivity contribution in [3.8, 4) is 0 Å². The molecule has 0 aliphatic heterocycles. The zero-order valence-corrected chi connectivity index (χ0v) is 10.1. The van der Waals surface area contributed by atoms with Crippen LogP contribution in [0.5, 0.6) is 0 Å². The van der Waals surface area contributed by atoms with Gasteiger partial charge in [-0.1, -0.05) is 12.1 Å². The van der Waals surface area contributed by atoms with Gasteiger partial charge in [-0.05, 0) is 45.5 Å². The van der Waals surface area contributed by atoms with Gasteiger partial charge in [0.15, 0.2) is 5.78 Å². The summed E-state index contributed by atoms with van der Waals surface area (Å²) in [4.78, 5) is 19.8. The van der Waals surface area contributed by atoms with Gasteiger partial charge in [0.05, 0.1) is 5.52 Å². The highest BCUT2D eigenvalue weighted by Gasteiger charge is 2.05. The van der Waals surface area contributed by atoms with Crippen LogP contribution in [0.1, 0.15) is 6.42 Å². The molecule has 4 rings (SSSR count). The fourth-order valence-corrected chi connectivity index (χ4v) is 2.61. The van der Waals surface area contributed by atoms with Gasteiger partial charge in [-0.2, -0.15) is 0 Å². The van der Waals surface area contributed by atoms with E-state index in [9.17, 15) is 4.79 Å². The van der Waals surface area contributed by atoms with Crippen molar-refractivity contribution in [1.82, 2.24) is 9.97 Å². The van der Waals surface area contributed by atoms with Gasteiger partial charge in [0.1, 0.15) is 6.33 Å². The van der Waals surface area contributed by atoms with E-state index >= 15 is 0 Å². The Morgan fingerprint density at radius 3 is 2.95 bits per heavy atom. The number of Topliss-reactive ketones (excluding diaryl/α,β-unsaturated/α-hetero) is 1. The maximum absolute atomic E-state index is 11.5. The molecule has 3 aromatic rings. The number of nitrogens with zero attached hydrogens (tertiary/aromatic N) is 2. The summed E-state index contributed by atoms with van der Waals surface area (Å²) in [7, 11) is 0. The Balaban J connectivity index is 2.23. The van der Waals surface area contributed by atoms with Gasteiger partial charge in [-0.25, -0.2) is 9.97 Å². The Morgan fingerprint density at radius 1 is 1.05 bits per heavy atom. The number of hydrogen-bond acceptors (Lipinski definition) is 3. The molecule has 0 bridgehead atoms. The quantitative estimate of drug-likeness (QED) is 0.562. The summed E-state index contributed by atoms with van der Waals surface area (Å²) in [6.07, 6.45) is 7.60. The molecule has 1 aliphatic rings. The topological polar surface area (TPSA) is 42.9 Å². The smallest absolute Gasteiger partial charge is 0.160 e. The van der Waals surface area contributed by atoms with Crippen molar-refractivity contribution < 1.29 is 4.79 Å². The number of fused-ring (bicyclic) bond motifs is 4. The monoisotopic (exact) mass is 246 g/mol. The lowest BCUT2D eigenvalue weighted by Gasteiger charge is -2.05. The zero-order valence-electron chi connectivity index (χ0n) is 10.1. The van der Waals surface area contributed by atoms with Crippen LogP contribution in [0.3, 0.4) is 0 Å². The Morgan fingerprint density at radius 2 is 2.00 bits per heavy atom. The molecule has 0 saturated heterocycles. The number of rotatable bonds is 0. The first-order valence-corrected chi connectivity index (χ1v) is 6.18. The minimum absolute atomic E-state index is 0.163. The molecule has 1 aliphatic carbocycles. The van der Waals surface area contributed by atoms with Crippen molar-refractivity contribution >= 4 is 39.6 Å². The maximum Gasteiger partial charge on any atom is 0.160 e. The highest BCUT2D eigenvalue weighted by atomic mass is 16.1. The van der Waals surface area contributed by atoms with Crippen molar-refractivity contribution in [2.45, 2.75) is 6.42 Å². The van der Waals surface area contributed by atoms with Crippen molar-refractivity contribution in [3.63, 3.8) is 0 Å². The van der Waals surface area contributed by atoms with Crippen LogP contribution in [-0.4, -0.2) is 15.8 Å². The molecule has 0 fully saturated rings. The lowest BCUT2D eigenvalue weighted by molar-refractivity contribution is -0.112. The fourth-order valence-electron chi connectivity index (χ4n) is 2.61. The Hall–Kier alpha value is -2.55. The molecule has 0 unspecified atom stereocenters. The SMILES string of the molecule is O=C1C=c2cc3ccc4ncncc4c3cc2=CC1. The highest BCUT2D eigenvalue weighted by molar-refractivity contribution is 6.11. The van der Waals surface area contributed by atoms with Gasteiger partial charge >= 0.3 is 0 Å². The second-order valence-electron chi connectivity index (χ2n) is 4.74. The molecule has 19 heavy (non-hydrogen) atoms. The van der Waals surface area contributed by atoms with Crippen LogP contribution in [0, 0.1) is 0 Å². The van der Waals surface area contributed by atoms with E-state index in [1.165, 1.54) is 0 Å². The molecule has 0 saturated carbocycles. The third-order valence-corrected chi connectivity index (χ3v) is 3.55. The van der Waals surface area contributed by atoms with E-state index in [0.717, 1.165) is 32.1 Å². The van der Waals surface area contributed by atoms with E-state index in [0.29, 0.717) is 6.42 Å². The molecule has 2 aromatic carbocycles. The van der Waals surface area contributed by atoms with E-state index in [1.54, 1.807) is 12.4 Å². The molecule has 0 atom stereocenters. The van der Waals surface area contributed by atoms with Gasteiger partial charge in [-0.3, -0.25) is 4.79 Å². The third-order valence-electron chi connectivity index (χ3n) is 3.55. The third kappa shape index (κ3) is 1.55. The standard InChI is InChI=1S/C16H10N2O/c19-13-3-1-10-7-14-11(5-12(10)6-13)2-4-16-15(14)8-17-9-18-16/h1-2,4-9H,3H2. The number of carbonyl (C=O) groups excluding carboxylic acids is 1. The molecule has 3 nitrogen and oxygen atoms in total. The molecule has 1 heterocycles. The minimum atomic E-state index is 0.163. The first kappa shape index (κ1) is 10.4. The van der Waals surface area contributed by atoms with Crippen LogP contribution in [0.2, 0.25) is 0 Å². The van der Waals surface area contributed by atoms with Crippen molar-refractivity contribution in [2.24, 2.45) is 0 Å². The molecular weight excluding hydrogens is 236 g/mol. The summed E-state index contributed by atoms with van der Waals surface area (Å²) < 4.78 is 0. The Labute approximate surface area is 108 Å². The Kier molecular flexibility index (Phi) is 2.03. The molecule has 1 aromatic heterocycles. The fraction of sp³-hybridized carbons (Fsp3) is 0.0625. The lowest BCUT2D eigenvalue weighted by atomic mass is 10.00. The molecule has 3 heteroatoms. The normalized spacial score (nSPS) is 14.0. The van der Waals surface area contributed by atoms with Crippen LogP contribution < -0.4 is 10.4 Å². The second-order valence-corrected chi connectivity index (χ2v) is 4.74. The van der Waals surface area contributed by atoms with Gasteiger partial charge in [0, 0.05) is 18.0 Å². The van der Waals surface area contributed by atoms with E-state index in [4.69, 9.17) is 0 Å². The first-order chi connectivity index (χ1) is 9.31. The highest BCUT2D eigenvalue weighted by Crippen LogP contribution is 2.20. The van der Waals surface area contributed by atoms with Crippen LogP contribution in [0.15, 0.2) is 36.8 Å². The van der Waals surface area contributed by atoms with Gasteiger partial charge in [-0.15, -0.1) is 0 Å². The summed E-state index contributed by atoms with van der Waals surface area (Å²) in [5.41, 5.74) is 0.943. The zero-order chi connectivity index (χ0) is 12.8. The molecule has 0 amide bonds. The molecule has 90 valence electrons. The summed E-state index contributed by atoms with van der Waals surface area (Å²) in [5.74, 6) is 0.163.